The topological polar surface area (TPSA) is 47.6 Å². The van der Waals surface area contributed by atoms with Gasteiger partial charge in [0.25, 0.3) is 0 Å². The number of nitrogens with zero attached hydrogens (tertiary/aromatic N) is 2. The van der Waals surface area contributed by atoms with Crippen molar-refractivity contribution < 1.29 is 0 Å². The second kappa shape index (κ2) is 5.79. The molecule has 0 aromatic carbocycles. The van der Waals surface area contributed by atoms with Crippen LogP contribution in [-0.4, -0.2) is 0 Å². The third-order valence-electron chi connectivity index (χ3n) is 3.60. The van der Waals surface area contributed by atoms with Crippen LogP contribution < -0.4 is 9.06 Å². The minimum absolute atomic E-state index is 0.220. The lowest BCUT2D eigenvalue weighted by Crippen LogP contribution is -2.02. The maximum absolute atomic E-state index is 9.11. The van der Waals surface area contributed by atoms with Crippen molar-refractivity contribution in [3.05, 3.63) is 30.0 Å². The van der Waals surface area contributed by atoms with Gasteiger partial charge in [0, 0.05) is 9.40 Å². The standard InChI is InChI=1S/C16H12N2S4/c1-7-12(11(5-17)6-18)21-14-8(2)15(22-13(7)14)16-19-9(3)10(4)20-16/h1-4H3. The highest BCUT2D eigenvalue weighted by molar-refractivity contribution is 8.35. The number of rotatable bonds is 0. The first-order valence-electron chi connectivity index (χ1n) is 6.58. The van der Waals surface area contributed by atoms with E-state index in [1.165, 1.54) is 33.5 Å². The minimum Gasteiger partial charge on any atom is -0.192 e. The Hall–Kier alpha value is -1.18. The summed E-state index contributed by atoms with van der Waals surface area (Å²) in [6.45, 7) is 8.48. The lowest BCUT2D eigenvalue weighted by atomic mass is 10.2. The van der Waals surface area contributed by atoms with Crippen molar-refractivity contribution in [2.75, 3.05) is 0 Å². The first-order valence-corrected chi connectivity index (χ1v) is 9.85. The molecule has 2 aromatic heterocycles. The van der Waals surface area contributed by atoms with Gasteiger partial charge < -0.3 is 0 Å². The highest BCUT2D eigenvalue weighted by Gasteiger charge is 2.19. The zero-order valence-electron chi connectivity index (χ0n) is 12.5. The Morgan fingerprint density at radius 1 is 0.818 bits per heavy atom. The first-order chi connectivity index (χ1) is 10.5. The van der Waals surface area contributed by atoms with Crippen LogP contribution in [0.15, 0.2) is 9.81 Å². The summed E-state index contributed by atoms with van der Waals surface area (Å²) >= 11 is 7.05. The molecule has 0 unspecified atom stereocenters. The number of fused-ring (bicyclic) bond motifs is 1. The predicted molar refractivity (Wildman–Crippen MR) is 100 cm³/mol. The molecular weight excluding hydrogens is 348 g/mol. The van der Waals surface area contributed by atoms with Gasteiger partial charge in [-0.05, 0) is 48.6 Å². The molecule has 110 valence electrons. The van der Waals surface area contributed by atoms with Crippen molar-refractivity contribution in [2.24, 2.45) is 0 Å². The van der Waals surface area contributed by atoms with Crippen LogP contribution in [0.4, 0.5) is 0 Å². The summed E-state index contributed by atoms with van der Waals surface area (Å²) in [5.41, 5.74) is 2.55. The van der Waals surface area contributed by atoms with Crippen LogP contribution >= 0.6 is 46.2 Å². The average Bonchev–Trinajstić information content (AvgIpc) is 3.10. The molecule has 6 heteroatoms. The molecule has 0 spiro atoms. The van der Waals surface area contributed by atoms with E-state index in [1.54, 1.807) is 22.7 Å². The molecule has 0 bridgehead atoms. The van der Waals surface area contributed by atoms with E-state index in [9.17, 15) is 0 Å². The number of allylic oxidation sites excluding steroid dienone is 2. The molecule has 0 amide bonds. The van der Waals surface area contributed by atoms with E-state index >= 15 is 0 Å². The smallest absolute Gasteiger partial charge is 0.147 e. The van der Waals surface area contributed by atoms with E-state index < -0.39 is 0 Å². The summed E-state index contributed by atoms with van der Waals surface area (Å²) in [6, 6.07) is 4.02. The van der Waals surface area contributed by atoms with Gasteiger partial charge in [-0.15, -0.1) is 22.7 Å². The van der Waals surface area contributed by atoms with Crippen LogP contribution in [0.3, 0.4) is 0 Å². The zero-order valence-corrected chi connectivity index (χ0v) is 15.8. The lowest BCUT2D eigenvalue weighted by Gasteiger charge is -1.94. The van der Waals surface area contributed by atoms with E-state index in [2.05, 4.69) is 20.8 Å². The minimum atomic E-state index is 0.220. The van der Waals surface area contributed by atoms with Gasteiger partial charge in [0.1, 0.15) is 17.7 Å². The fourth-order valence-corrected chi connectivity index (χ4v) is 7.82. The van der Waals surface area contributed by atoms with Crippen molar-refractivity contribution in [3.63, 3.8) is 0 Å². The molecule has 1 aliphatic rings. The molecule has 0 saturated carbocycles. The molecule has 3 heterocycles. The Kier molecular flexibility index (Phi) is 4.13. The molecule has 0 aliphatic carbocycles. The van der Waals surface area contributed by atoms with Gasteiger partial charge in [-0.25, -0.2) is 0 Å². The average molecular weight is 361 g/mol. The number of hydrogen-bond donors (Lipinski definition) is 0. The van der Waals surface area contributed by atoms with Crippen LogP contribution in [0.2, 0.25) is 0 Å². The maximum Gasteiger partial charge on any atom is 0.147 e. The summed E-state index contributed by atoms with van der Waals surface area (Å²) in [5.74, 6) is 0. The fraction of sp³-hybridized carbons (Fsp3) is 0.250. The lowest BCUT2D eigenvalue weighted by molar-refractivity contribution is 1.49. The zero-order chi connectivity index (χ0) is 16.0. The Labute approximate surface area is 145 Å². The van der Waals surface area contributed by atoms with Crippen LogP contribution in [0.5, 0.6) is 0 Å². The van der Waals surface area contributed by atoms with Crippen molar-refractivity contribution in [1.82, 2.24) is 0 Å². The largest absolute Gasteiger partial charge is 0.192 e. The van der Waals surface area contributed by atoms with E-state index in [4.69, 9.17) is 10.5 Å². The molecule has 2 nitrogen and oxygen atoms in total. The Morgan fingerprint density at radius 3 is 1.86 bits per heavy atom. The molecule has 0 radical (unpaired) electrons. The van der Waals surface area contributed by atoms with E-state index in [1.807, 2.05) is 42.6 Å². The molecule has 0 saturated heterocycles. The van der Waals surface area contributed by atoms with Crippen molar-refractivity contribution in [1.29, 1.82) is 10.5 Å². The summed E-state index contributed by atoms with van der Waals surface area (Å²) in [6.07, 6.45) is 0. The number of nitriles is 2. The number of aryl methyl sites for hydroxylation is 2. The third kappa shape index (κ3) is 2.31. The third-order valence-corrected chi connectivity index (χ3v) is 9.48. The SMILES string of the molecule is CC1=C(C)SC(=c2sc3c(C)c(=C(C#N)C#N)sc3c2C)S1. The van der Waals surface area contributed by atoms with Crippen LogP contribution in [0, 0.1) is 36.5 Å². The fourth-order valence-electron chi connectivity index (χ4n) is 2.25. The molecule has 3 rings (SSSR count). The van der Waals surface area contributed by atoms with Gasteiger partial charge >= 0.3 is 0 Å². The Bertz CT molecular complexity index is 1000. The van der Waals surface area contributed by atoms with Crippen LogP contribution in [0.25, 0.3) is 19.2 Å². The molecule has 0 fully saturated rings. The molecule has 22 heavy (non-hydrogen) atoms. The molecule has 1 aliphatic heterocycles. The molecule has 0 N–H and O–H groups in total. The van der Waals surface area contributed by atoms with Crippen molar-refractivity contribution in [2.45, 2.75) is 27.7 Å². The summed E-state index contributed by atoms with van der Waals surface area (Å²) < 4.78 is 5.94. The maximum atomic E-state index is 9.11. The molecule has 2 aromatic rings. The van der Waals surface area contributed by atoms with E-state index in [0.29, 0.717) is 0 Å². The van der Waals surface area contributed by atoms with Gasteiger partial charge in [-0.1, -0.05) is 23.5 Å². The van der Waals surface area contributed by atoms with Crippen molar-refractivity contribution >= 4 is 65.4 Å². The Balaban J connectivity index is 2.33. The highest BCUT2D eigenvalue weighted by atomic mass is 32.2. The van der Waals surface area contributed by atoms with E-state index in [0.717, 1.165) is 10.1 Å². The van der Waals surface area contributed by atoms with Gasteiger partial charge in [-0.2, -0.15) is 10.5 Å². The highest BCUT2D eigenvalue weighted by Crippen LogP contribution is 2.49. The first kappa shape index (κ1) is 15.7. The summed E-state index contributed by atoms with van der Waals surface area (Å²) in [5, 5.41) is 18.2. The van der Waals surface area contributed by atoms with Crippen LogP contribution in [0.1, 0.15) is 25.0 Å². The second-order valence-corrected chi connectivity index (χ2v) is 9.72. The van der Waals surface area contributed by atoms with Gasteiger partial charge in [0.05, 0.1) is 13.3 Å². The number of thioether (sulfide) groups is 2. The Morgan fingerprint density at radius 2 is 1.36 bits per heavy atom. The predicted octanol–water partition coefficient (Wildman–Crippen LogP) is 4.57. The monoisotopic (exact) mass is 360 g/mol. The van der Waals surface area contributed by atoms with Gasteiger partial charge in [0.2, 0.25) is 0 Å². The number of thiophene rings is 2. The van der Waals surface area contributed by atoms with E-state index in [-0.39, 0.29) is 5.57 Å². The normalized spacial score (nSPS) is 14.5. The number of hydrogen-bond acceptors (Lipinski definition) is 6. The summed E-state index contributed by atoms with van der Waals surface area (Å²) in [7, 11) is 0. The molecule has 0 atom stereocenters. The van der Waals surface area contributed by atoms with Crippen molar-refractivity contribution in [3.8, 4) is 12.1 Å². The van der Waals surface area contributed by atoms with Gasteiger partial charge in [-0.3, -0.25) is 0 Å². The quantitative estimate of drug-likeness (QED) is 0.690. The summed E-state index contributed by atoms with van der Waals surface area (Å²) in [4.78, 5) is 2.75. The molecular formula is C16H12N2S4. The van der Waals surface area contributed by atoms with Gasteiger partial charge in [0.15, 0.2) is 0 Å². The second-order valence-electron chi connectivity index (χ2n) is 4.97. The van der Waals surface area contributed by atoms with Crippen LogP contribution in [-0.2, 0) is 0 Å².